The fourth-order valence-corrected chi connectivity index (χ4v) is 2.18. The van der Waals surface area contributed by atoms with Gasteiger partial charge < -0.3 is 10.4 Å². The van der Waals surface area contributed by atoms with E-state index >= 15 is 0 Å². The van der Waals surface area contributed by atoms with E-state index in [2.05, 4.69) is 5.32 Å². The minimum atomic E-state index is -0.995. The number of nitrogens with one attached hydrogen (secondary N) is 1. The molecule has 0 saturated carbocycles. The summed E-state index contributed by atoms with van der Waals surface area (Å²) in [5.74, 6) is -1.07. The molecular weight excluding hydrogens is 292 g/mol. The van der Waals surface area contributed by atoms with Crippen LogP contribution in [0.15, 0.2) is 24.3 Å². The molecule has 1 rings (SSSR count). The molecule has 0 aliphatic carbocycles. The number of halogens is 1. The number of benzene rings is 1. The van der Waals surface area contributed by atoms with E-state index in [1.165, 1.54) is 0 Å². The van der Waals surface area contributed by atoms with Crippen molar-refractivity contribution in [3.05, 3.63) is 29.3 Å². The normalized spacial score (nSPS) is 11.5. The Hall–Kier alpha value is -1.59. The number of hydrogen-bond acceptors (Lipinski definition) is 3. The molecule has 1 amide bonds. The fourth-order valence-electron chi connectivity index (χ4n) is 1.99. The molecule has 0 aliphatic rings. The minimum absolute atomic E-state index is 0.170. The lowest BCUT2D eigenvalue weighted by molar-refractivity contribution is -0.149. The highest BCUT2D eigenvalue weighted by atomic mass is 35.5. The van der Waals surface area contributed by atoms with Crippen LogP contribution in [0.3, 0.4) is 0 Å². The second kappa shape index (κ2) is 7.43. The summed E-state index contributed by atoms with van der Waals surface area (Å²) in [5.41, 5.74) is -0.363. The summed E-state index contributed by atoms with van der Waals surface area (Å²) in [4.78, 5) is 24.9. The number of nitrogens with zero attached hydrogens (tertiary/aromatic N) is 1. The molecule has 0 atom stereocenters. The van der Waals surface area contributed by atoms with Gasteiger partial charge in [0.25, 0.3) is 0 Å². The van der Waals surface area contributed by atoms with Gasteiger partial charge >= 0.3 is 5.97 Å². The van der Waals surface area contributed by atoms with Gasteiger partial charge in [0.2, 0.25) is 5.91 Å². The molecule has 0 aliphatic heterocycles. The number of carbonyl (C=O) groups excluding carboxylic acids is 1. The molecule has 21 heavy (non-hydrogen) atoms. The number of rotatable bonds is 7. The van der Waals surface area contributed by atoms with E-state index < -0.39 is 11.5 Å². The predicted octanol–water partition coefficient (Wildman–Crippen LogP) is 2.85. The number of carboxylic acid groups (broad SMARTS) is 1. The third-order valence-corrected chi connectivity index (χ3v) is 3.65. The molecular formula is C15H21ClN2O3. The number of carbonyl (C=O) groups is 2. The van der Waals surface area contributed by atoms with Crippen molar-refractivity contribution in [2.45, 2.75) is 32.7 Å². The van der Waals surface area contributed by atoms with Gasteiger partial charge in [-0.3, -0.25) is 14.5 Å². The van der Waals surface area contributed by atoms with Crippen LogP contribution in [0.2, 0.25) is 5.02 Å². The Morgan fingerprint density at radius 3 is 2.57 bits per heavy atom. The summed E-state index contributed by atoms with van der Waals surface area (Å²) in [6, 6.07) is 6.90. The van der Waals surface area contributed by atoms with Gasteiger partial charge in [-0.15, -0.1) is 0 Å². The molecule has 0 saturated heterocycles. The fraction of sp³-hybridized carbons (Fsp3) is 0.467. The van der Waals surface area contributed by atoms with E-state index in [1.807, 2.05) is 6.92 Å². The predicted molar refractivity (Wildman–Crippen MR) is 83.7 cm³/mol. The van der Waals surface area contributed by atoms with E-state index in [0.29, 0.717) is 23.8 Å². The van der Waals surface area contributed by atoms with Gasteiger partial charge in [0.05, 0.1) is 0 Å². The third-order valence-electron chi connectivity index (χ3n) is 3.41. The lowest BCUT2D eigenvalue weighted by atomic mass is 10.0. The first-order valence-corrected chi connectivity index (χ1v) is 7.19. The van der Waals surface area contributed by atoms with Crippen LogP contribution >= 0.6 is 11.6 Å². The molecule has 0 fully saturated rings. The Kier molecular flexibility index (Phi) is 6.18. The first kappa shape index (κ1) is 17.5. The second-order valence-electron chi connectivity index (χ2n) is 5.25. The van der Waals surface area contributed by atoms with Crippen molar-refractivity contribution in [3.8, 4) is 0 Å². The van der Waals surface area contributed by atoms with Crippen molar-refractivity contribution in [3.63, 3.8) is 0 Å². The number of carboxylic acids is 1. The van der Waals surface area contributed by atoms with Crippen LogP contribution < -0.4 is 5.32 Å². The van der Waals surface area contributed by atoms with E-state index in [9.17, 15) is 14.7 Å². The molecule has 6 heteroatoms. The molecule has 2 N–H and O–H groups in total. The first-order chi connectivity index (χ1) is 9.77. The van der Waals surface area contributed by atoms with Crippen LogP contribution in [0, 0.1) is 0 Å². The lowest BCUT2D eigenvalue weighted by Gasteiger charge is -2.33. The Morgan fingerprint density at radius 2 is 2.05 bits per heavy atom. The van der Waals surface area contributed by atoms with Crippen LogP contribution in [0.1, 0.15) is 27.2 Å². The maximum absolute atomic E-state index is 11.9. The SMILES string of the molecule is CCN(CCC(=O)Nc1cccc(Cl)c1)C(C)(C)C(=O)O. The number of amides is 1. The average Bonchev–Trinajstić information content (AvgIpc) is 2.38. The zero-order valence-corrected chi connectivity index (χ0v) is 13.3. The van der Waals surface area contributed by atoms with Crippen molar-refractivity contribution in [2.24, 2.45) is 0 Å². The van der Waals surface area contributed by atoms with Crippen molar-refractivity contribution < 1.29 is 14.7 Å². The largest absolute Gasteiger partial charge is 0.480 e. The number of anilines is 1. The van der Waals surface area contributed by atoms with E-state index in [4.69, 9.17) is 11.6 Å². The van der Waals surface area contributed by atoms with E-state index in [0.717, 1.165) is 0 Å². The van der Waals surface area contributed by atoms with Gasteiger partial charge in [-0.2, -0.15) is 0 Å². The Labute approximate surface area is 129 Å². The van der Waals surface area contributed by atoms with Crippen molar-refractivity contribution in [1.82, 2.24) is 4.90 Å². The average molecular weight is 313 g/mol. The lowest BCUT2D eigenvalue weighted by Crippen LogP contribution is -2.50. The Balaban J connectivity index is 2.57. The Morgan fingerprint density at radius 1 is 1.38 bits per heavy atom. The maximum atomic E-state index is 11.9. The standard InChI is InChI=1S/C15H21ClN2O3/c1-4-18(15(2,3)14(20)21)9-8-13(19)17-12-7-5-6-11(16)10-12/h5-7,10H,4,8-9H2,1-3H3,(H,17,19)(H,20,21). The molecule has 0 radical (unpaired) electrons. The van der Waals surface area contributed by atoms with Crippen molar-refractivity contribution in [1.29, 1.82) is 0 Å². The van der Waals surface area contributed by atoms with Gasteiger partial charge in [-0.1, -0.05) is 24.6 Å². The molecule has 0 spiro atoms. The molecule has 0 heterocycles. The first-order valence-electron chi connectivity index (χ1n) is 6.81. The third kappa shape index (κ3) is 5.02. The summed E-state index contributed by atoms with van der Waals surface area (Å²) in [6.07, 6.45) is 0.219. The summed E-state index contributed by atoms with van der Waals surface area (Å²) < 4.78 is 0. The van der Waals surface area contributed by atoms with Crippen LogP contribution in [0.25, 0.3) is 0 Å². The van der Waals surface area contributed by atoms with Crippen LogP contribution in [-0.2, 0) is 9.59 Å². The quantitative estimate of drug-likeness (QED) is 0.812. The molecule has 1 aromatic rings. The zero-order chi connectivity index (χ0) is 16.0. The van der Waals surface area contributed by atoms with Crippen LogP contribution in [-0.4, -0.2) is 40.5 Å². The maximum Gasteiger partial charge on any atom is 0.323 e. The van der Waals surface area contributed by atoms with Crippen molar-refractivity contribution >= 4 is 29.2 Å². The minimum Gasteiger partial charge on any atom is -0.480 e. The van der Waals surface area contributed by atoms with Gasteiger partial charge in [0.1, 0.15) is 5.54 Å². The van der Waals surface area contributed by atoms with Gasteiger partial charge in [0.15, 0.2) is 0 Å². The monoisotopic (exact) mass is 312 g/mol. The van der Waals surface area contributed by atoms with E-state index in [-0.39, 0.29) is 12.3 Å². The highest BCUT2D eigenvalue weighted by molar-refractivity contribution is 6.30. The summed E-state index contributed by atoms with van der Waals surface area (Å²) >= 11 is 5.85. The Bertz CT molecular complexity index is 517. The molecule has 1 aromatic carbocycles. The highest BCUT2D eigenvalue weighted by Crippen LogP contribution is 2.17. The van der Waals surface area contributed by atoms with Crippen LogP contribution in [0.5, 0.6) is 0 Å². The molecule has 116 valence electrons. The molecule has 0 aromatic heterocycles. The smallest absolute Gasteiger partial charge is 0.323 e. The number of hydrogen-bond donors (Lipinski definition) is 2. The summed E-state index contributed by atoms with van der Waals surface area (Å²) in [5, 5.41) is 12.5. The zero-order valence-electron chi connectivity index (χ0n) is 12.5. The topological polar surface area (TPSA) is 69.6 Å². The summed E-state index contributed by atoms with van der Waals surface area (Å²) in [7, 11) is 0. The second-order valence-corrected chi connectivity index (χ2v) is 5.69. The summed E-state index contributed by atoms with van der Waals surface area (Å²) in [6.45, 7) is 6.08. The van der Waals surface area contributed by atoms with Gasteiger partial charge in [-0.25, -0.2) is 0 Å². The number of aliphatic carboxylic acids is 1. The van der Waals surface area contributed by atoms with Crippen molar-refractivity contribution in [2.75, 3.05) is 18.4 Å². The van der Waals surface area contributed by atoms with Crippen LogP contribution in [0.4, 0.5) is 5.69 Å². The highest BCUT2D eigenvalue weighted by Gasteiger charge is 2.33. The van der Waals surface area contributed by atoms with E-state index in [1.54, 1.807) is 43.0 Å². The van der Waals surface area contributed by atoms with Gasteiger partial charge in [-0.05, 0) is 38.6 Å². The molecule has 0 bridgehead atoms. The van der Waals surface area contributed by atoms with Gasteiger partial charge in [0, 0.05) is 23.7 Å². The number of likely N-dealkylation sites (N-methyl/N-ethyl adjacent to an activating group) is 1. The molecule has 0 unspecified atom stereocenters. The molecule has 5 nitrogen and oxygen atoms in total.